The molecule has 15 heavy (non-hydrogen) atoms. The number of hydrogen-bond acceptors (Lipinski definition) is 2. The molecule has 1 rings (SSSR count). The summed E-state index contributed by atoms with van der Waals surface area (Å²) in [6.07, 6.45) is -1.66. The molecule has 0 aromatic rings. The molecule has 1 unspecified atom stereocenters. The molecule has 1 saturated carbocycles. The Bertz CT molecular complexity index is 190. The Morgan fingerprint density at radius 1 is 1.40 bits per heavy atom. The summed E-state index contributed by atoms with van der Waals surface area (Å²) in [7, 11) is 1.51. The van der Waals surface area contributed by atoms with Crippen LogP contribution in [0.3, 0.4) is 0 Å². The lowest BCUT2D eigenvalue weighted by Crippen LogP contribution is -2.37. The standard InChI is InChI=1S/C10H19F3N2/c1-8(5-14-9-3-4-9)6-15(2)7-10(11,12)13/h8-9,14H,3-7H2,1-2H3. The minimum Gasteiger partial charge on any atom is -0.314 e. The average molecular weight is 224 g/mol. The van der Waals surface area contributed by atoms with E-state index in [-0.39, 0.29) is 5.92 Å². The number of nitrogens with one attached hydrogen (secondary N) is 1. The summed E-state index contributed by atoms with van der Waals surface area (Å²) in [6.45, 7) is 2.45. The van der Waals surface area contributed by atoms with Crippen LogP contribution >= 0.6 is 0 Å². The van der Waals surface area contributed by atoms with Gasteiger partial charge in [-0.2, -0.15) is 13.2 Å². The van der Waals surface area contributed by atoms with E-state index in [1.54, 1.807) is 0 Å². The predicted molar refractivity (Wildman–Crippen MR) is 53.7 cm³/mol. The van der Waals surface area contributed by atoms with Crippen molar-refractivity contribution in [3.63, 3.8) is 0 Å². The Hall–Kier alpha value is -0.290. The second kappa shape index (κ2) is 5.16. The maximum Gasteiger partial charge on any atom is 0.401 e. The highest BCUT2D eigenvalue weighted by molar-refractivity contribution is 4.81. The van der Waals surface area contributed by atoms with Gasteiger partial charge in [0.1, 0.15) is 0 Å². The lowest BCUT2D eigenvalue weighted by atomic mass is 10.1. The number of nitrogens with zero attached hydrogens (tertiary/aromatic N) is 1. The summed E-state index contributed by atoms with van der Waals surface area (Å²) in [5.41, 5.74) is 0. The van der Waals surface area contributed by atoms with Crippen LogP contribution in [0.15, 0.2) is 0 Å². The highest BCUT2D eigenvalue weighted by Gasteiger charge is 2.29. The molecule has 0 aromatic carbocycles. The van der Waals surface area contributed by atoms with Gasteiger partial charge in [0.05, 0.1) is 6.54 Å². The van der Waals surface area contributed by atoms with Gasteiger partial charge in [-0.25, -0.2) is 0 Å². The molecule has 0 spiro atoms. The second-order valence-electron chi connectivity index (χ2n) is 4.60. The Labute approximate surface area is 88.8 Å². The van der Waals surface area contributed by atoms with E-state index >= 15 is 0 Å². The predicted octanol–water partition coefficient (Wildman–Crippen LogP) is 1.87. The maximum atomic E-state index is 12.0. The largest absolute Gasteiger partial charge is 0.401 e. The van der Waals surface area contributed by atoms with E-state index < -0.39 is 12.7 Å². The normalized spacial score (nSPS) is 19.6. The Morgan fingerprint density at radius 3 is 2.47 bits per heavy atom. The number of alkyl halides is 3. The first-order chi connectivity index (χ1) is 6.87. The summed E-state index contributed by atoms with van der Waals surface area (Å²) in [4.78, 5) is 1.33. The molecule has 5 heteroatoms. The monoisotopic (exact) mass is 224 g/mol. The molecule has 0 saturated heterocycles. The van der Waals surface area contributed by atoms with E-state index in [0.717, 1.165) is 6.54 Å². The minimum atomic E-state index is -4.08. The van der Waals surface area contributed by atoms with Crippen LogP contribution in [0, 0.1) is 5.92 Å². The summed E-state index contributed by atoms with van der Waals surface area (Å²) in [5, 5.41) is 3.32. The molecule has 0 bridgehead atoms. The second-order valence-corrected chi connectivity index (χ2v) is 4.60. The van der Waals surface area contributed by atoms with Gasteiger partial charge in [0.2, 0.25) is 0 Å². The molecular formula is C10H19F3N2. The van der Waals surface area contributed by atoms with Crippen LogP contribution in [-0.2, 0) is 0 Å². The van der Waals surface area contributed by atoms with Crippen LogP contribution in [0.5, 0.6) is 0 Å². The van der Waals surface area contributed by atoms with Crippen molar-refractivity contribution in [2.45, 2.75) is 32.0 Å². The fourth-order valence-corrected chi connectivity index (χ4v) is 1.62. The van der Waals surface area contributed by atoms with Gasteiger partial charge >= 0.3 is 6.18 Å². The van der Waals surface area contributed by atoms with Crippen molar-refractivity contribution in [3.8, 4) is 0 Å². The number of rotatable bonds is 6. The molecule has 90 valence electrons. The van der Waals surface area contributed by atoms with Crippen LogP contribution in [-0.4, -0.2) is 43.8 Å². The van der Waals surface area contributed by atoms with E-state index in [0.29, 0.717) is 12.6 Å². The Morgan fingerprint density at radius 2 is 2.00 bits per heavy atom. The van der Waals surface area contributed by atoms with Crippen molar-refractivity contribution >= 4 is 0 Å². The van der Waals surface area contributed by atoms with Gasteiger partial charge in [0, 0.05) is 12.6 Å². The quantitative estimate of drug-likeness (QED) is 0.741. The summed E-state index contributed by atoms with van der Waals surface area (Å²) < 4.78 is 36.1. The smallest absolute Gasteiger partial charge is 0.314 e. The summed E-state index contributed by atoms with van der Waals surface area (Å²) >= 11 is 0. The molecular weight excluding hydrogens is 205 g/mol. The zero-order valence-corrected chi connectivity index (χ0v) is 9.27. The lowest BCUT2D eigenvalue weighted by Gasteiger charge is -2.22. The van der Waals surface area contributed by atoms with Crippen LogP contribution in [0.4, 0.5) is 13.2 Å². The van der Waals surface area contributed by atoms with Crippen molar-refractivity contribution in [2.75, 3.05) is 26.7 Å². The average Bonchev–Trinajstić information content (AvgIpc) is 2.79. The fraction of sp³-hybridized carbons (Fsp3) is 1.00. The van der Waals surface area contributed by atoms with Crippen LogP contribution < -0.4 is 5.32 Å². The minimum absolute atomic E-state index is 0.262. The first kappa shape index (κ1) is 12.8. The van der Waals surface area contributed by atoms with Crippen LogP contribution in [0.25, 0.3) is 0 Å². The first-order valence-corrected chi connectivity index (χ1v) is 5.35. The van der Waals surface area contributed by atoms with Gasteiger partial charge in [-0.3, -0.25) is 4.90 Å². The van der Waals surface area contributed by atoms with E-state index in [9.17, 15) is 13.2 Å². The molecule has 0 heterocycles. The molecule has 1 N–H and O–H groups in total. The Balaban J connectivity index is 2.09. The van der Waals surface area contributed by atoms with Crippen molar-refractivity contribution in [1.82, 2.24) is 10.2 Å². The first-order valence-electron chi connectivity index (χ1n) is 5.35. The molecule has 0 aliphatic heterocycles. The molecule has 1 atom stereocenters. The number of halogens is 3. The molecule has 0 amide bonds. The highest BCUT2D eigenvalue weighted by atomic mass is 19.4. The van der Waals surface area contributed by atoms with Crippen molar-refractivity contribution < 1.29 is 13.2 Å². The summed E-state index contributed by atoms with van der Waals surface area (Å²) in [5.74, 6) is 0.262. The van der Waals surface area contributed by atoms with Crippen molar-refractivity contribution in [3.05, 3.63) is 0 Å². The van der Waals surface area contributed by atoms with Crippen LogP contribution in [0.2, 0.25) is 0 Å². The molecule has 1 aliphatic carbocycles. The summed E-state index contributed by atoms with van der Waals surface area (Å²) in [6, 6.07) is 0.625. The topological polar surface area (TPSA) is 15.3 Å². The third-order valence-electron chi connectivity index (χ3n) is 2.40. The maximum absolute atomic E-state index is 12.0. The zero-order valence-electron chi connectivity index (χ0n) is 9.27. The van der Waals surface area contributed by atoms with E-state index in [2.05, 4.69) is 5.32 Å². The van der Waals surface area contributed by atoms with E-state index in [1.165, 1.54) is 24.8 Å². The molecule has 0 radical (unpaired) electrons. The molecule has 0 aromatic heterocycles. The van der Waals surface area contributed by atoms with Gasteiger partial charge in [0.15, 0.2) is 0 Å². The van der Waals surface area contributed by atoms with E-state index in [1.807, 2.05) is 6.92 Å². The van der Waals surface area contributed by atoms with E-state index in [4.69, 9.17) is 0 Å². The highest BCUT2D eigenvalue weighted by Crippen LogP contribution is 2.19. The SMILES string of the molecule is CC(CNC1CC1)CN(C)CC(F)(F)F. The zero-order chi connectivity index (χ0) is 11.5. The Kier molecular flexibility index (Phi) is 4.40. The van der Waals surface area contributed by atoms with Gasteiger partial charge in [-0.05, 0) is 32.4 Å². The van der Waals surface area contributed by atoms with Crippen molar-refractivity contribution in [2.24, 2.45) is 5.92 Å². The fourth-order valence-electron chi connectivity index (χ4n) is 1.62. The molecule has 2 nitrogen and oxygen atoms in total. The third kappa shape index (κ3) is 6.73. The van der Waals surface area contributed by atoms with Gasteiger partial charge in [-0.1, -0.05) is 6.92 Å². The number of hydrogen-bond donors (Lipinski definition) is 1. The molecule has 1 aliphatic rings. The van der Waals surface area contributed by atoms with Gasteiger partial charge in [-0.15, -0.1) is 0 Å². The van der Waals surface area contributed by atoms with Crippen LogP contribution in [0.1, 0.15) is 19.8 Å². The van der Waals surface area contributed by atoms with Gasteiger partial charge < -0.3 is 5.32 Å². The third-order valence-corrected chi connectivity index (χ3v) is 2.40. The van der Waals surface area contributed by atoms with Crippen molar-refractivity contribution in [1.29, 1.82) is 0 Å². The lowest BCUT2D eigenvalue weighted by molar-refractivity contribution is -0.143. The molecule has 1 fully saturated rings. The van der Waals surface area contributed by atoms with Gasteiger partial charge in [0.25, 0.3) is 0 Å².